The van der Waals surface area contributed by atoms with Crippen LogP contribution in [0.1, 0.15) is 29.6 Å². The molecule has 0 radical (unpaired) electrons. The molecule has 1 saturated heterocycles. The summed E-state index contributed by atoms with van der Waals surface area (Å²) in [5, 5.41) is 6.72. The van der Waals surface area contributed by atoms with Crippen molar-refractivity contribution in [3.63, 3.8) is 0 Å². The summed E-state index contributed by atoms with van der Waals surface area (Å²) in [6.07, 6.45) is 3.33. The van der Waals surface area contributed by atoms with Gasteiger partial charge in [0.1, 0.15) is 0 Å². The zero-order valence-electron chi connectivity index (χ0n) is 11.8. The van der Waals surface area contributed by atoms with Crippen LogP contribution in [-0.2, 0) is 4.74 Å². The predicted octanol–water partition coefficient (Wildman–Crippen LogP) is 2.99. The first kappa shape index (κ1) is 16.7. The standard InChI is InChI=1S/C15H20BrClN2O2/c16-13-3-2-11(10-14(13)17)15(20)19-6-1-9-21-12-4-7-18-8-5-12/h2-3,10,12,18H,1,4-9H2,(H,19,20). The zero-order valence-corrected chi connectivity index (χ0v) is 14.2. The van der Waals surface area contributed by atoms with Gasteiger partial charge in [0.25, 0.3) is 5.91 Å². The molecule has 0 unspecified atom stereocenters. The molecule has 1 aromatic carbocycles. The maximum absolute atomic E-state index is 11.9. The number of benzene rings is 1. The molecule has 0 saturated carbocycles. The molecule has 1 fully saturated rings. The topological polar surface area (TPSA) is 50.4 Å². The molecule has 1 heterocycles. The molecular weight excluding hydrogens is 356 g/mol. The molecule has 1 aromatic rings. The van der Waals surface area contributed by atoms with Crippen LogP contribution in [0.15, 0.2) is 22.7 Å². The average Bonchev–Trinajstić information content (AvgIpc) is 2.50. The number of hydrogen-bond acceptors (Lipinski definition) is 3. The fraction of sp³-hybridized carbons (Fsp3) is 0.533. The van der Waals surface area contributed by atoms with Gasteiger partial charge in [-0.15, -0.1) is 0 Å². The van der Waals surface area contributed by atoms with Gasteiger partial charge in [0.15, 0.2) is 0 Å². The van der Waals surface area contributed by atoms with Gasteiger partial charge in [-0.05, 0) is 66.5 Å². The molecule has 1 aliphatic heterocycles. The lowest BCUT2D eigenvalue weighted by Gasteiger charge is -2.22. The van der Waals surface area contributed by atoms with Gasteiger partial charge in [-0.2, -0.15) is 0 Å². The van der Waals surface area contributed by atoms with Crippen molar-refractivity contribution in [2.75, 3.05) is 26.2 Å². The van der Waals surface area contributed by atoms with Crippen LogP contribution >= 0.6 is 27.5 Å². The maximum atomic E-state index is 11.9. The second-order valence-corrected chi connectivity index (χ2v) is 6.32. The van der Waals surface area contributed by atoms with Crippen LogP contribution in [0.5, 0.6) is 0 Å². The minimum absolute atomic E-state index is 0.105. The van der Waals surface area contributed by atoms with E-state index in [0.717, 1.165) is 36.8 Å². The molecule has 1 amide bonds. The van der Waals surface area contributed by atoms with Gasteiger partial charge in [0.05, 0.1) is 11.1 Å². The molecule has 4 nitrogen and oxygen atoms in total. The SMILES string of the molecule is O=C(NCCCOC1CCNCC1)c1ccc(Br)c(Cl)c1. The summed E-state index contributed by atoms with van der Waals surface area (Å²) in [4.78, 5) is 11.9. The van der Waals surface area contributed by atoms with E-state index < -0.39 is 0 Å². The lowest BCUT2D eigenvalue weighted by atomic mass is 10.1. The summed E-state index contributed by atoms with van der Waals surface area (Å²) >= 11 is 9.28. The normalized spacial score (nSPS) is 15.9. The van der Waals surface area contributed by atoms with E-state index in [1.807, 2.05) is 0 Å². The van der Waals surface area contributed by atoms with E-state index in [0.29, 0.717) is 29.8 Å². The van der Waals surface area contributed by atoms with Crippen molar-refractivity contribution in [1.29, 1.82) is 0 Å². The molecule has 2 N–H and O–H groups in total. The number of piperidine rings is 1. The van der Waals surface area contributed by atoms with E-state index >= 15 is 0 Å². The molecule has 21 heavy (non-hydrogen) atoms. The minimum Gasteiger partial charge on any atom is -0.378 e. The maximum Gasteiger partial charge on any atom is 0.251 e. The predicted molar refractivity (Wildman–Crippen MR) is 87.9 cm³/mol. The Kier molecular flexibility index (Phi) is 6.96. The highest BCUT2D eigenvalue weighted by Crippen LogP contribution is 2.23. The van der Waals surface area contributed by atoms with Gasteiger partial charge in [-0.3, -0.25) is 4.79 Å². The van der Waals surface area contributed by atoms with Crippen molar-refractivity contribution in [3.8, 4) is 0 Å². The Labute approximate surface area is 138 Å². The van der Waals surface area contributed by atoms with E-state index in [9.17, 15) is 4.79 Å². The Morgan fingerprint density at radius 1 is 1.43 bits per heavy atom. The Balaban J connectivity index is 1.63. The van der Waals surface area contributed by atoms with Crippen LogP contribution in [0.3, 0.4) is 0 Å². The molecule has 0 bridgehead atoms. The monoisotopic (exact) mass is 374 g/mol. The second-order valence-electron chi connectivity index (χ2n) is 5.06. The van der Waals surface area contributed by atoms with E-state index in [-0.39, 0.29) is 5.91 Å². The molecule has 2 rings (SSSR count). The third-order valence-electron chi connectivity index (χ3n) is 3.43. The van der Waals surface area contributed by atoms with Gasteiger partial charge in [0, 0.05) is 23.2 Å². The number of carbonyl (C=O) groups excluding carboxylic acids is 1. The van der Waals surface area contributed by atoms with Crippen molar-refractivity contribution >= 4 is 33.4 Å². The van der Waals surface area contributed by atoms with Crippen LogP contribution in [0.25, 0.3) is 0 Å². The summed E-state index contributed by atoms with van der Waals surface area (Å²) in [6, 6.07) is 5.18. The number of amides is 1. The number of rotatable bonds is 6. The largest absolute Gasteiger partial charge is 0.378 e. The molecular formula is C15H20BrClN2O2. The number of hydrogen-bond donors (Lipinski definition) is 2. The van der Waals surface area contributed by atoms with Crippen LogP contribution < -0.4 is 10.6 Å². The molecule has 0 aliphatic carbocycles. The second kappa shape index (κ2) is 8.73. The highest BCUT2D eigenvalue weighted by molar-refractivity contribution is 9.10. The summed E-state index contributed by atoms with van der Waals surface area (Å²) in [7, 11) is 0. The minimum atomic E-state index is -0.105. The first-order valence-corrected chi connectivity index (χ1v) is 8.39. The Morgan fingerprint density at radius 2 is 2.19 bits per heavy atom. The van der Waals surface area contributed by atoms with Gasteiger partial charge < -0.3 is 15.4 Å². The molecule has 116 valence electrons. The quantitative estimate of drug-likeness (QED) is 0.752. The van der Waals surface area contributed by atoms with Crippen molar-refractivity contribution in [3.05, 3.63) is 33.3 Å². The fourth-order valence-corrected chi connectivity index (χ4v) is 2.65. The Bertz CT molecular complexity index is 479. The van der Waals surface area contributed by atoms with Crippen molar-refractivity contribution in [2.45, 2.75) is 25.4 Å². The van der Waals surface area contributed by atoms with Gasteiger partial charge >= 0.3 is 0 Å². The average molecular weight is 376 g/mol. The van der Waals surface area contributed by atoms with Crippen LogP contribution in [-0.4, -0.2) is 38.3 Å². The summed E-state index contributed by atoms with van der Waals surface area (Å²) in [5.74, 6) is -0.105. The van der Waals surface area contributed by atoms with Gasteiger partial charge in [-0.25, -0.2) is 0 Å². The zero-order chi connectivity index (χ0) is 15.1. The lowest BCUT2D eigenvalue weighted by Crippen LogP contribution is -2.33. The van der Waals surface area contributed by atoms with Crippen molar-refractivity contribution in [1.82, 2.24) is 10.6 Å². The number of halogens is 2. The molecule has 0 spiro atoms. The van der Waals surface area contributed by atoms with Crippen LogP contribution in [0.4, 0.5) is 0 Å². The van der Waals surface area contributed by atoms with E-state index in [1.165, 1.54) is 0 Å². The Hall–Kier alpha value is -0.620. The highest BCUT2D eigenvalue weighted by Gasteiger charge is 2.12. The van der Waals surface area contributed by atoms with Crippen molar-refractivity contribution < 1.29 is 9.53 Å². The first-order chi connectivity index (χ1) is 10.2. The lowest BCUT2D eigenvalue weighted by molar-refractivity contribution is 0.0318. The Morgan fingerprint density at radius 3 is 2.90 bits per heavy atom. The van der Waals surface area contributed by atoms with Gasteiger partial charge in [-0.1, -0.05) is 11.6 Å². The van der Waals surface area contributed by atoms with E-state index in [4.69, 9.17) is 16.3 Å². The van der Waals surface area contributed by atoms with E-state index in [1.54, 1.807) is 18.2 Å². The van der Waals surface area contributed by atoms with Gasteiger partial charge in [0.2, 0.25) is 0 Å². The molecule has 6 heteroatoms. The molecule has 0 aromatic heterocycles. The number of carbonyl (C=O) groups is 1. The number of nitrogens with one attached hydrogen (secondary N) is 2. The summed E-state index contributed by atoms with van der Waals surface area (Å²) in [5.41, 5.74) is 0.572. The smallest absolute Gasteiger partial charge is 0.251 e. The van der Waals surface area contributed by atoms with Crippen molar-refractivity contribution in [2.24, 2.45) is 0 Å². The highest BCUT2D eigenvalue weighted by atomic mass is 79.9. The van der Waals surface area contributed by atoms with Crippen LogP contribution in [0.2, 0.25) is 5.02 Å². The molecule has 0 atom stereocenters. The third-order valence-corrected chi connectivity index (χ3v) is 4.66. The fourth-order valence-electron chi connectivity index (χ4n) is 2.23. The molecule has 1 aliphatic rings. The third kappa shape index (κ3) is 5.58. The van der Waals surface area contributed by atoms with Crippen LogP contribution in [0, 0.1) is 0 Å². The number of ether oxygens (including phenoxy) is 1. The summed E-state index contributed by atoms with van der Waals surface area (Å²) < 4.78 is 6.57. The first-order valence-electron chi connectivity index (χ1n) is 7.22. The summed E-state index contributed by atoms with van der Waals surface area (Å²) in [6.45, 7) is 3.36. The van der Waals surface area contributed by atoms with E-state index in [2.05, 4.69) is 26.6 Å².